The van der Waals surface area contributed by atoms with Crippen molar-refractivity contribution in [3.8, 4) is 0 Å². The van der Waals surface area contributed by atoms with Crippen LogP contribution in [0.5, 0.6) is 0 Å². The number of carbonyl (C=O) groups is 1. The molecule has 3 N–H and O–H groups in total. The SMILES string of the molecule is Nc1nc(C(=O)Nc2ccc(N3CCOCC3)nc2)cs1. The Hall–Kier alpha value is -2.19. The highest BCUT2D eigenvalue weighted by Crippen LogP contribution is 2.17. The molecule has 0 radical (unpaired) electrons. The molecular weight excluding hydrogens is 290 g/mol. The quantitative estimate of drug-likeness (QED) is 0.885. The third-order valence-electron chi connectivity index (χ3n) is 3.10. The third-order valence-corrected chi connectivity index (χ3v) is 3.77. The standard InChI is InChI=1S/C13H15N5O2S/c14-13-17-10(8-21-13)12(19)16-9-1-2-11(15-7-9)18-3-5-20-6-4-18/h1-2,7-8H,3-6H2,(H2,14,17)(H,16,19). The molecule has 0 unspecified atom stereocenters. The van der Waals surface area contributed by atoms with E-state index in [1.165, 1.54) is 11.3 Å². The first kappa shape index (κ1) is 13.8. The summed E-state index contributed by atoms with van der Waals surface area (Å²) in [6.07, 6.45) is 1.64. The van der Waals surface area contributed by atoms with E-state index in [1.54, 1.807) is 11.6 Å². The molecule has 3 heterocycles. The lowest BCUT2D eigenvalue weighted by molar-refractivity contribution is 0.102. The molecule has 0 bridgehead atoms. The van der Waals surface area contributed by atoms with Crippen molar-refractivity contribution in [3.63, 3.8) is 0 Å². The number of nitrogens with two attached hydrogens (primary N) is 1. The van der Waals surface area contributed by atoms with Crippen LogP contribution in [0.4, 0.5) is 16.6 Å². The van der Waals surface area contributed by atoms with Crippen molar-refractivity contribution in [1.29, 1.82) is 0 Å². The first-order valence-corrected chi connectivity index (χ1v) is 7.41. The number of nitrogens with one attached hydrogen (secondary N) is 1. The van der Waals surface area contributed by atoms with Crippen LogP contribution in [0.3, 0.4) is 0 Å². The lowest BCUT2D eigenvalue weighted by Crippen LogP contribution is -2.36. The summed E-state index contributed by atoms with van der Waals surface area (Å²) in [4.78, 5) is 22.4. The van der Waals surface area contributed by atoms with E-state index in [-0.39, 0.29) is 5.91 Å². The highest BCUT2D eigenvalue weighted by molar-refractivity contribution is 7.13. The maximum Gasteiger partial charge on any atom is 0.275 e. The van der Waals surface area contributed by atoms with Gasteiger partial charge in [0.2, 0.25) is 0 Å². The van der Waals surface area contributed by atoms with E-state index in [0.29, 0.717) is 29.7 Å². The van der Waals surface area contributed by atoms with E-state index in [4.69, 9.17) is 10.5 Å². The first-order chi connectivity index (χ1) is 10.2. The van der Waals surface area contributed by atoms with Gasteiger partial charge in [0.15, 0.2) is 5.13 Å². The average molecular weight is 305 g/mol. The molecule has 0 aromatic carbocycles. The Labute approximate surface area is 125 Å². The molecule has 8 heteroatoms. The highest BCUT2D eigenvalue weighted by Gasteiger charge is 2.13. The van der Waals surface area contributed by atoms with Crippen molar-refractivity contribution in [2.24, 2.45) is 0 Å². The minimum absolute atomic E-state index is 0.288. The molecule has 0 spiro atoms. The fraction of sp³-hybridized carbons (Fsp3) is 0.308. The minimum atomic E-state index is -0.288. The van der Waals surface area contributed by atoms with Crippen LogP contribution in [0.1, 0.15) is 10.5 Å². The molecule has 0 aliphatic carbocycles. The van der Waals surface area contributed by atoms with E-state index >= 15 is 0 Å². The molecule has 0 saturated carbocycles. The van der Waals surface area contributed by atoms with Gasteiger partial charge in [-0.25, -0.2) is 9.97 Å². The van der Waals surface area contributed by atoms with E-state index in [9.17, 15) is 4.79 Å². The van der Waals surface area contributed by atoms with E-state index in [0.717, 1.165) is 18.9 Å². The molecule has 2 aromatic heterocycles. The number of aromatic nitrogens is 2. The van der Waals surface area contributed by atoms with Crippen LogP contribution in [-0.2, 0) is 4.74 Å². The fourth-order valence-corrected chi connectivity index (χ4v) is 2.57. The molecule has 110 valence electrons. The molecule has 1 aliphatic heterocycles. The van der Waals surface area contributed by atoms with Gasteiger partial charge in [-0.3, -0.25) is 4.79 Å². The Morgan fingerprint density at radius 3 is 2.81 bits per heavy atom. The van der Waals surface area contributed by atoms with Crippen molar-refractivity contribution in [2.75, 3.05) is 42.3 Å². The van der Waals surface area contributed by atoms with Gasteiger partial charge in [-0.1, -0.05) is 0 Å². The Morgan fingerprint density at radius 2 is 2.19 bits per heavy atom. The molecule has 1 saturated heterocycles. The molecule has 1 fully saturated rings. The van der Waals surface area contributed by atoms with Crippen molar-refractivity contribution < 1.29 is 9.53 Å². The topological polar surface area (TPSA) is 93.4 Å². The number of hydrogen-bond donors (Lipinski definition) is 2. The Balaban J connectivity index is 1.65. The van der Waals surface area contributed by atoms with Crippen molar-refractivity contribution in [2.45, 2.75) is 0 Å². The third kappa shape index (κ3) is 3.29. The Bertz CT molecular complexity index is 622. The minimum Gasteiger partial charge on any atom is -0.378 e. The number of pyridine rings is 1. The number of nitrogens with zero attached hydrogens (tertiary/aromatic N) is 3. The van der Waals surface area contributed by atoms with E-state index in [1.807, 2.05) is 12.1 Å². The van der Waals surface area contributed by atoms with Gasteiger partial charge in [-0.15, -0.1) is 11.3 Å². The van der Waals surface area contributed by atoms with Gasteiger partial charge in [0, 0.05) is 18.5 Å². The van der Waals surface area contributed by atoms with Gasteiger partial charge in [0.25, 0.3) is 5.91 Å². The van der Waals surface area contributed by atoms with Crippen LogP contribution in [0, 0.1) is 0 Å². The lowest BCUT2D eigenvalue weighted by atomic mass is 10.3. The lowest BCUT2D eigenvalue weighted by Gasteiger charge is -2.27. The summed E-state index contributed by atoms with van der Waals surface area (Å²) < 4.78 is 5.31. The summed E-state index contributed by atoms with van der Waals surface area (Å²) in [5, 5.41) is 4.75. The zero-order valence-electron chi connectivity index (χ0n) is 11.3. The second kappa shape index (κ2) is 6.06. The van der Waals surface area contributed by atoms with Crippen LogP contribution in [0.2, 0.25) is 0 Å². The normalized spacial score (nSPS) is 15.0. The smallest absolute Gasteiger partial charge is 0.275 e. The molecular formula is C13H15N5O2S. The molecule has 21 heavy (non-hydrogen) atoms. The zero-order valence-corrected chi connectivity index (χ0v) is 12.1. The molecule has 7 nitrogen and oxygen atoms in total. The summed E-state index contributed by atoms with van der Waals surface area (Å²) in [7, 11) is 0. The molecule has 2 aromatic rings. The first-order valence-electron chi connectivity index (χ1n) is 6.53. The summed E-state index contributed by atoms with van der Waals surface area (Å²) in [6.45, 7) is 3.09. The van der Waals surface area contributed by atoms with Crippen LogP contribution in [0.15, 0.2) is 23.7 Å². The van der Waals surface area contributed by atoms with Gasteiger partial charge in [0.05, 0.1) is 25.1 Å². The van der Waals surface area contributed by atoms with Crippen LogP contribution in [-0.4, -0.2) is 42.2 Å². The van der Waals surface area contributed by atoms with Crippen molar-refractivity contribution in [1.82, 2.24) is 9.97 Å². The van der Waals surface area contributed by atoms with E-state index in [2.05, 4.69) is 20.2 Å². The zero-order chi connectivity index (χ0) is 14.7. The average Bonchev–Trinajstić information content (AvgIpc) is 2.96. The number of ether oxygens (including phenoxy) is 1. The number of hydrogen-bond acceptors (Lipinski definition) is 7. The van der Waals surface area contributed by atoms with Crippen molar-refractivity contribution >= 4 is 33.9 Å². The maximum atomic E-state index is 11.9. The van der Waals surface area contributed by atoms with Gasteiger partial charge < -0.3 is 20.7 Å². The highest BCUT2D eigenvalue weighted by atomic mass is 32.1. The molecule has 0 atom stereocenters. The van der Waals surface area contributed by atoms with Gasteiger partial charge in [-0.05, 0) is 12.1 Å². The fourth-order valence-electron chi connectivity index (χ4n) is 2.03. The molecule has 1 aliphatic rings. The van der Waals surface area contributed by atoms with E-state index < -0.39 is 0 Å². The second-order valence-electron chi connectivity index (χ2n) is 4.53. The molecule has 1 amide bonds. The van der Waals surface area contributed by atoms with Crippen molar-refractivity contribution in [3.05, 3.63) is 29.4 Å². The number of amides is 1. The predicted molar refractivity (Wildman–Crippen MR) is 81.7 cm³/mol. The number of morpholine rings is 1. The summed E-state index contributed by atoms with van der Waals surface area (Å²) in [5.41, 5.74) is 6.45. The Kier molecular flexibility index (Phi) is 3.98. The molecule has 3 rings (SSSR count). The van der Waals surface area contributed by atoms with Gasteiger partial charge >= 0.3 is 0 Å². The van der Waals surface area contributed by atoms with Gasteiger partial charge in [0.1, 0.15) is 11.5 Å². The number of anilines is 3. The number of nitrogen functional groups attached to an aromatic ring is 1. The predicted octanol–water partition coefficient (Wildman–Crippen LogP) is 1.21. The second-order valence-corrected chi connectivity index (χ2v) is 5.42. The van der Waals surface area contributed by atoms with Gasteiger partial charge in [-0.2, -0.15) is 0 Å². The monoisotopic (exact) mass is 305 g/mol. The number of thiazole rings is 1. The Morgan fingerprint density at radius 1 is 1.38 bits per heavy atom. The largest absolute Gasteiger partial charge is 0.378 e. The summed E-state index contributed by atoms with van der Waals surface area (Å²) in [5.74, 6) is 0.595. The van der Waals surface area contributed by atoms with Crippen LogP contribution >= 0.6 is 11.3 Å². The number of rotatable bonds is 3. The summed E-state index contributed by atoms with van der Waals surface area (Å²) >= 11 is 1.24. The summed E-state index contributed by atoms with van der Waals surface area (Å²) in [6, 6.07) is 3.71. The number of carbonyl (C=O) groups excluding carboxylic acids is 1. The van der Waals surface area contributed by atoms with Crippen LogP contribution in [0.25, 0.3) is 0 Å². The van der Waals surface area contributed by atoms with Crippen LogP contribution < -0.4 is 16.0 Å². The maximum absolute atomic E-state index is 11.9.